The molecule has 0 saturated heterocycles. The van der Waals surface area contributed by atoms with Gasteiger partial charge >= 0.3 is 0 Å². The number of nitrogens with two attached hydrogens (primary N) is 2. The first kappa shape index (κ1) is 13.0. The largest absolute Gasteiger partial charge is 0.439 e. The van der Waals surface area contributed by atoms with Crippen molar-refractivity contribution in [3.63, 3.8) is 0 Å². The van der Waals surface area contributed by atoms with Crippen molar-refractivity contribution in [2.24, 2.45) is 11.5 Å². The van der Waals surface area contributed by atoms with Gasteiger partial charge in [-0.1, -0.05) is 24.3 Å². The Kier molecular flexibility index (Phi) is 4.10. The molecule has 98 valence electrons. The lowest BCUT2D eigenvalue weighted by molar-refractivity contribution is -0.118. The second kappa shape index (κ2) is 5.97. The molecule has 5 heteroatoms. The Morgan fingerprint density at radius 1 is 1.21 bits per heavy atom. The second-order valence-corrected chi connectivity index (χ2v) is 4.12. The average Bonchev–Trinajstić information content (AvgIpc) is 2.40. The highest BCUT2D eigenvalue weighted by atomic mass is 16.5. The van der Waals surface area contributed by atoms with Crippen molar-refractivity contribution in [3.8, 4) is 11.6 Å². The van der Waals surface area contributed by atoms with E-state index in [0.717, 1.165) is 5.56 Å². The number of para-hydroxylation sites is 1. The van der Waals surface area contributed by atoms with Crippen LogP contribution in [0.25, 0.3) is 0 Å². The number of amides is 1. The van der Waals surface area contributed by atoms with Gasteiger partial charge in [0, 0.05) is 24.7 Å². The van der Waals surface area contributed by atoms with E-state index in [1.54, 1.807) is 18.3 Å². The van der Waals surface area contributed by atoms with Crippen LogP contribution in [0.3, 0.4) is 0 Å². The van der Waals surface area contributed by atoms with E-state index in [0.29, 0.717) is 11.6 Å². The van der Waals surface area contributed by atoms with Crippen molar-refractivity contribution in [1.29, 1.82) is 0 Å². The van der Waals surface area contributed by atoms with E-state index in [9.17, 15) is 4.79 Å². The van der Waals surface area contributed by atoms with Crippen molar-refractivity contribution in [1.82, 2.24) is 4.98 Å². The molecule has 0 saturated carbocycles. The van der Waals surface area contributed by atoms with E-state index in [1.807, 2.05) is 30.3 Å². The SMILES string of the molecule is NC(=O)CC(N)c1ccc(Oc2ccccc2)nc1. The summed E-state index contributed by atoms with van der Waals surface area (Å²) in [7, 11) is 0. The molecule has 1 amide bonds. The molecule has 4 N–H and O–H groups in total. The predicted molar refractivity (Wildman–Crippen MR) is 71.5 cm³/mol. The Hall–Kier alpha value is -2.40. The molecule has 1 atom stereocenters. The molecule has 2 rings (SSSR count). The van der Waals surface area contributed by atoms with Gasteiger partial charge in [0.15, 0.2) is 0 Å². The summed E-state index contributed by atoms with van der Waals surface area (Å²) in [5.74, 6) is 0.752. The minimum atomic E-state index is -0.434. The van der Waals surface area contributed by atoms with E-state index >= 15 is 0 Å². The first-order valence-corrected chi connectivity index (χ1v) is 5.88. The third-order valence-corrected chi connectivity index (χ3v) is 2.57. The Labute approximate surface area is 111 Å². The van der Waals surface area contributed by atoms with Crippen LogP contribution in [0.2, 0.25) is 0 Å². The summed E-state index contributed by atoms with van der Waals surface area (Å²) >= 11 is 0. The summed E-state index contributed by atoms with van der Waals surface area (Å²) in [5.41, 5.74) is 11.7. The van der Waals surface area contributed by atoms with Crippen LogP contribution in [0.1, 0.15) is 18.0 Å². The fourth-order valence-corrected chi connectivity index (χ4v) is 1.62. The van der Waals surface area contributed by atoms with Gasteiger partial charge in [-0.15, -0.1) is 0 Å². The lowest BCUT2D eigenvalue weighted by Crippen LogP contribution is -2.20. The van der Waals surface area contributed by atoms with Gasteiger partial charge in [0.25, 0.3) is 0 Å². The zero-order chi connectivity index (χ0) is 13.7. The Balaban J connectivity index is 2.04. The fourth-order valence-electron chi connectivity index (χ4n) is 1.62. The number of primary amides is 1. The minimum absolute atomic E-state index is 0.0978. The topological polar surface area (TPSA) is 91.2 Å². The number of ether oxygens (including phenoxy) is 1. The van der Waals surface area contributed by atoms with Crippen molar-refractivity contribution in [3.05, 3.63) is 54.2 Å². The molecule has 1 heterocycles. The number of hydrogen-bond donors (Lipinski definition) is 2. The van der Waals surface area contributed by atoms with E-state index in [4.69, 9.17) is 16.2 Å². The lowest BCUT2D eigenvalue weighted by atomic mass is 10.1. The number of rotatable bonds is 5. The van der Waals surface area contributed by atoms with Crippen LogP contribution >= 0.6 is 0 Å². The third-order valence-electron chi connectivity index (χ3n) is 2.57. The lowest BCUT2D eigenvalue weighted by Gasteiger charge is -2.10. The maximum Gasteiger partial charge on any atom is 0.219 e. The summed E-state index contributed by atoms with van der Waals surface area (Å²) in [6.07, 6.45) is 1.69. The number of carbonyl (C=O) groups excluding carboxylic acids is 1. The number of hydrogen-bond acceptors (Lipinski definition) is 4. The van der Waals surface area contributed by atoms with Gasteiger partial charge in [-0.2, -0.15) is 0 Å². The molecule has 19 heavy (non-hydrogen) atoms. The van der Waals surface area contributed by atoms with Crippen LogP contribution in [-0.4, -0.2) is 10.9 Å². The molecule has 0 radical (unpaired) electrons. The van der Waals surface area contributed by atoms with Gasteiger partial charge < -0.3 is 16.2 Å². The van der Waals surface area contributed by atoms with E-state index in [1.165, 1.54) is 0 Å². The van der Waals surface area contributed by atoms with Gasteiger partial charge in [0.1, 0.15) is 5.75 Å². The molecular formula is C14H15N3O2. The molecule has 5 nitrogen and oxygen atoms in total. The number of aromatic nitrogens is 1. The summed E-state index contributed by atoms with van der Waals surface area (Å²) in [6, 6.07) is 12.4. The summed E-state index contributed by atoms with van der Waals surface area (Å²) < 4.78 is 5.55. The Morgan fingerprint density at radius 3 is 2.53 bits per heavy atom. The van der Waals surface area contributed by atoms with Crippen LogP contribution in [0.5, 0.6) is 11.6 Å². The standard InChI is InChI=1S/C14H15N3O2/c15-12(8-13(16)18)10-6-7-14(17-9-10)19-11-4-2-1-3-5-11/h1-7,9,12H,8,15H2,(H2,16,18). The Morgan fingerprint density at radius 2 is 1.95 bits per heavy atom. The van der Waals surface area contributed by atoms with E-state index < -0.39 is 11.9 Å². The monoisotopic (exact) mass is 257 g/mol. The first-order valence-electron chi connectivity index (χ1n) is 5.88. The smallest absolute Gasteiger partial charge is 0.219 e. The summed E-state index contributed by atoms with van der Waals surface area (Å²) in [4.78, 5) is 14.9. The van der Waals surface area contributed by atoms with Crippen molar-refractivity contribution < 1.29 is 9.53 Å². The molecule has 2 aromatic rings. The van der Waals surface area contributed by atoms with Gasteiger partial charge in [-0.05, 0) is 17.7 Å². The van der Waals surface area contributed by atoms with Gasteiger partial charge in [0.05, 0.1) is 0 Å². The van der Waals surface area contributed by atoms with Crippen molar-refractivity contribution >= 4 is 5.91 Å². The van der Waals surface area contributed by atoms with Crippen LogP contribution in [0.15, 0.2) is 48.7 Å². The Bertz CT molecular complexity index is 540. The number of benzene rings is 1. The van der Waals surface area contributed by atoms with Crippen molar-refractivity contribution in [2.45, 2.75) is 12.5 Å². The van der Waals surface area contributed by atoms with Gasteiger partial charge in [-0.3, -0.25) is 4.79 Å². The van der Waals surface area contributed by atoms with E-state index in [2.05, 4.69) is 4.98 Å². The second-order valence-electron chi connectivity index (χ2n) is 4.12. The summed E-state index contributed by atoms with van der Waals surface area (Å²) in [6.45, 7) is 0. The molecule has 0 aliphatic carbocycles. The minimum Gasteiger partial charge on any atom is -0.439 e. The molecule has 0 bridgehead atoms. The average molecular weight is 257 g/mol. The van der Waals surface area contributed by atoms with Crippen LogP contribution in [0.4, 0.5) is 0 Å². The van der Waals surface area contributed by atoms with Crippen LogP contribution in [0, 0.1) is 0 Å². The molecule has 1 aromatic heterocycles. The molecule has 1 aromatic carbocycles. The molecule has 1 unspecified atom stereocenters. The molecule has 0 fully saturated rings. The highest BCUT2D eigenvalue weighted by molar-refractivity contribution is 5.74. The van der Waals surface area contributed by atoms with Crippen molar-refractivity contribution in [2.75, 3.05) is 0 Å². The summed E-state index contributed by atoms with van der Waals surface area (Å²) in [5, 5.41) is 0. The zero-order valence-corrected chi connectivity index (χ0v) is 10.3. The van der Waals surface area contributed by atoms with Crippen LogP contribution in [-0.2, 0) is 4.79 Å². The van der Waals surface area contributed by atoms with Crippen LogP contribution < -0.4 is 16.2 Å². The maximum absolute atomic E-state index is 10.8. The predicted octanol–water partition coefficient (Wildman–Crippen LogP) is 1.75. The number of nitrogens with zero attached hydrogens (tertiary/aromatic N) is 1. The molecule has 0 aliphatic heterocycles. The third kappa shape index (κ3) is 3.79. The normalized spacial score (nSPS) is 11.8. The highest BCUT2D eigenvalue weighted by Gasteiger charge is 2.10. The maximum atomic E-state index is 10.8. The van der Waals surface area contributed by atoms with E-state index in [-0.39, 0.29) is 6.42 Å². The highest BCUT2D eigenvalue weighted by Crippen LogP contribution is 2.20. The number of pyridine rings is 1. The molecular weight excluding hydrogens is 242 g/mol. The molecule has 0 spiro atoms. The fraction of sp³-hybridized carbons (Fsp3) is 0.143. The number of carbonyl (C=O) groups is 1. The van der Waals surface area contributed by atoms with Gasteiger partial charge in [0.2, 0.25) is 11.8 Å². The van der Waals surface area contributed by atoms with Gasteiger partial charge in [-0.25, -0.2) is 4.98 Å². The first-order chi connectivity index (χ1) is 9.15. The zero-order valence-electron chi connectivity index (χ0n) is 10.3. The quantitative estimate of drug-likeness (QED) is 0.853. The molecule has 0 aliphatic rings.